The number of likely N-dealkylation sites (tertiary alicyclic amines) is 1. The van der Waals surface area contributed by atoms with Crippen molar-refractivity contribution in [1.82, 2.24) is 25.1 Å². The predicted molar refractivity (Wildman–Crippen MR) is 93.3 cm³/mol. The van der Waals surface area contributed by atoms with E-state index in [1.165, 1.54) is 4.90 Å². The van der Waals surface area contributed by atoms with Crippen molar-refractivity contribution in [2.24, 2.45) is 16.7 Å². The third-order valence-electron chi connectivity index (χ3n) is 7.00. The average molecular weight is 362 g/mol. The Morgan fingerprint density at radius 2 is 2.19 bits per heavy atom. The summed E-state index contributed by atoms with van der Waals surface area (Å²) in [6.07, 6.45) is 3.31. The summed E-state index contributed by atoms with van der Waals surface area (Å²) < 4.78 is 15.4. The van der Waals surface area contributed by atoms with Gasteiger partial charge < -0.3 is 0 Å². The normalized spacial score (nSPS) is 33.3. The van der Waals surface area contributed by atoms with E-state index in [4.69, 9.17) is 6.57 Å². The maximum atomic E-state index is 13.6. The molecular formula is C18H27FN6O. The van der Waals surface area contributed by atoms with Gasteiger partial charge in [-0.2, -0.15) is 0 Å². The summed E-state index contributed by atoms with van der Waals surface area (Å²) in [6, 6.07) is 0. The summed E-state index contributed by atoms with van der Waals surface area (Å²) in [5.41, 5.74) is 0.0514. The van der Waals surface area contributed by atoms with Crippen LogP contribution in [0.1, 0.15) is 52.9 Å². The molecule has 0 N–H and O–H groups in total. The van der Waals surface area contributed by atoms with Gasteiger partial charge in [-0.25, -0.2) is 15.6 Å². The molecule has 26 heavy (non-hydrogen) atoms. The van der Waals surface area contributed by atoms with Crippen LogP contribution >= 0.6 is 0 Å². The van der Waals surface area contributed by atoms with Gasteiger partial charge in [0.1, 0.15) is 12.5 Å². The lowest BCUT2D eigenvalue weighted by Crippen LogP contribution is -2.38. The van der Waals surface area contributed by atoms with Crippen molar-refractivity contribution in [2.75, 3.05) is 6.54 Å². The lowest BCUT2D eigenvalue weighted by Gasteiger charge is -2.42. The Bertz CT molecular complexity index is 684. The highest BCUT2D eigenvalue weighted by molar-refractivity contribution is 5.77. The lowest BCUT2D eigenvalue weighted by atomic mass is 9.63. The minimum Gasteiger partial charge on any atom is -0.289 e. The van der Waals surface area contributed by atoms with Crippen LogP contribution in [0.5, 0.6) is 0 Å². The first kappa shape index (κ1) is 18.7. The van der Waals surface area contributed by atoms with Crippen molar-refractivity contribution in [3.8, 4) is 0 Å². The highest BCUT2D eigenvalue weighted by atomic mass is 19.1. The predicted octanol–water partition coefficient (Wildman–Crippen LogP) is 2.71. The van der Waals surface area contributed by atoms with Crippen molar-refractivity contribution >= 4 is 5.91 Å². The van der Waals surface area contributed by atoms with E-state index in [9.17, 15) is 9.18 Å². The zero-order chi connectivity index (χ0) is 18.9. The topological polar surface area (TPSA) is 68.3 Å². The standard InChI is InChI=1S/C18H27FN6O/c1-17(2)13(10-24-12-21-22-23-24)5-7-18(17,3)8-6-16(26)25-11-14(19)9-15(25)20-4/h12-15H,5-11H2,1-3H3/t13-,14+,15+,18+/m1/s1. The minimum atomic E-state index is -1.07. The van der Waals surface area contributed by atoms with E-state index in [2.05, 4.69) is 41.1 Å². The molecule has 1 aromatic rings. The molecule has 1 saturated heterocycles. The molecule has 0 radical (unpaired) electrons. The smallest absolute Gasteiger partial charge is 0.289 e. The molecule has 0 bridgehead atoms. The zero-order valence-electron chi connectivity index (χ0n) is 15.7. The summed E-state index contributed by atoms with van der Waals surface area (Å²) in [4.78, 5) is 17.4. The van der Waals surface area contributed by atoms with E-state index in [0.717, 1.165) is 25.8 Å². The van der Waals surface area contributed by atoms with Gasteiger partial charge in [0.05, 0.1) is 13.0 Å². The third-order valence-corrected chi connectivity index (χ3v) is 7.00. The van der Waals surface area contributed by atoms with Gasteiger partial charge in [0.2, 0.25) is 5.91 Å². The first-order chi connectivity index (χ1) is 12.3. The number of hydrogen-bond acceptors (Lipinski definition) is 4. The minimum absolute atomic E-state index is 0.0176. The van der Waals surface area contributed by atoms with E-state index in [1.54, 1.807) is 11.0 Å². The second kappa shape index (κ2) is 6.93. The van der Waals surface area contributed by atoms with Gasteiger partial charge in [-0.1, -0.05) is 20.8 Å². The van der Waals surface area contributed by atoms with Crippen molar-refractivity contribution in [3.05, 3.63) is 17.7 Å². The monoisotopic (exact) mass is 362 g/mol. The van der Waals surface area contributed by atoms with Crippen LogP contribution in [0.25, 0.3) is 4.85 Å². The Kier molecular flexibility index (Phi) is 5.00. The van der Waals surface area contributed by atoms with Crippen molar-refractivity contribution in [1.29, 1.82) is 0 Å². The summed E-state index contributed by atoms with van der Waals surface area (Å²) in [5.74, 6) is 0.344. The molecule has 1 aliphatic carbocycles. The molecule has 1 aromatic heterocycles. The molecule has 1 aliphatic heterocycles. The molecule has 0 spiro atoms. The number of nitrogens with zero attached hydrogens (tertiary/aromatic N) is 6. The molecular weight excluding hydrogens is 335 g/mol. The summed E-state index contributed by atoms with van der Waals surface area (Å²) in [7, 11) is 0. The first-order valence-corrected chi connectivity index (χ1v) is 9.28. The SMILES string of the molecule is [C-]#[N+][C@@H]1C[C@H](F)CN1C(=O)CC[C@]1(C)CC[C@H](Cn2cnnn2)C1(C)C. The zero-order valence-corrected chi connectivity index (χ0v) is 15.7. The van der Waals surface area contributed by atoms with E-state index in [-0.39, 0.29) is 29.7 Å². The Morgan fingerprint density at radius 1 is 1.42 bits per heavy atom. The van der Waals surface area contributed by atoms with Crippen LogP contribution in [0, 0.1) is 23.3 Å². The Morgan fingerprint density at radius 3 is 2.85 bits per heavy atom. The fourth-order valence-electron chi connectivity index (χ4n) is 4.61. The Balaban J connectivity index is 1.62. The molecule has 3 rings (SSSR count). The number of alkyl halides is 1. The number of carbonyl (C=O) groups excluding carboxylic acids is 1. The molecule has 0 aromatic carbocycles. The number of aromatic nitrogens is 4. The fourth-order valence-corrected chi connectivity index (χ4v) is 4.61. The third kappa shape index (κ3) is 3.31. The molecule has 0 unspecified atom stereocenters. The Hall–Kier alpha value is -2.04. The summed E-state index contributed by atoms with van der Waals surface area (Å²) in [6.45, 7) is 14.8. The van der Waals surface area contributed by atoms with Crippen LogP contribution in [0.2, 0.25) is 0 Å². The second-order valence-electron chi connectivity index (χ2n) is 8.54. The van der Waals surface area contributed by atoms with E-state index < -0.39 is 12.3 Å². The lowest BCUT2D eigenvalue weighted by molar-refractivity contribution is -0.132. The van der Waals surface area contributed by atoms with Crippen LogP contribution in [0.3, 0.4) is 0 Å². The van der Waals surface area contributed by atoms with Gasteiger partial charge in [0.25, 0.3) is 0 Å². The van der Waals surface area contributed by atoms with Crippen LogP contribution in [0.4, 0.5) is 4.39 Å². The second-order valence-corrected chi connectivity index (χ2v) is 8.54. The maximum Gasteiger partial charge on any atom is 0.303 e. The van der Waals surface area contributed by atoms with Crippen molar-refractivity contribution < 1.29 is 9.18 Å². The van der Waals surface area contributed by atoms with E-state index >= 15 is 0 Å². The van der Waals surface area contributed by atoms with Crippen molar-refractivity contribution in [2.45, 2.75) is 71.8 Å². The molecule has 8 heteroatoms. The van der Waals surface area contributed by atoms with Gasteiger partial charge in [-0.05, 0) is 46.4 Å². The highest BCUT2D eigenvalue weighted by Gasteiger charge is 2.51. The maximum absolute atomic E-state index is 13.6. The first-order valence-electron chi connectivity index (χ1n) is 9.28. The number of amides is 1. The molecule has 2 aliphatic rings. The molecule has 4 atom stereocenters. The van der Waals surface area contributed by atoms with E-state index in [1.807, 2.05) is 0 Å². The molecule has 1 saturated carbocycles. The van der Waals surface area contributed by atoms with Gasteiger partial charge >= 0.3 is 6.17 Å². The van der Waals surface area contributed by atoms with Gasteiger partial charge in [0.15, 0.2) is 0 Å². The molecule has 142 valence electrons. The molecule has 2 fully saturated rings. The van der Waals surface area contributed by atoms with Crippen molar-refractivity contribution in [3.63, 3.8) is 0 Å². The van der Waals surface area contributed by atoms with Crippen LogP contribution < -0.4 is 0 Å². The van der Waals surface area contributed by atoms with Gasteiger partial charge in [0, 0.05) is 13.0 Å². The van der Waals surface area contributed by atoms with Gasteiger partial charge in [-0.3, -0.25) is 14.5 Å². The molecule has 2 heterocycles. The summed E-state index contributed by atoms with van der Waals surface area (Å²) >= 11 is 0. The number of halogens is 1. The molecule has 1 amide bonds. The van der Waals surface area contributed by atoms with Crippen LogP contribution in [-0.4, -0.2) is 49.9 Å². The largest absolute Gasteiger partial charge is 0.303 e. The van der Waals surface area contributed by atoms with Gasteiger partial charge in [-0.15, -0.1) is 5.10 Å². The van der Waals surface area contributed by atoms with Crippen LogP contribution in [-0.2, 0) is 11.3 Å². The molecule has 7 nitrogen and oxygen atoms in total. The number of tetrazole rings is 1. The van der Waals surface area contributed by atoms with E-state index in [0.29, 0.717) is 12.3 Å². The Labute approximate surface area is 153 Å². The average Bonchev–Trinajstić information content (AvgIpc) is 3.29. The fraction of sp³-hybridized carbons (Fsp3) is 0.833. The van der Waals surface area contributed by atoms with Crippen LogP contribution in [0.15, 0.2) is 6.33 Å². The number of rotatable bonds is 5. The highest BCUT2D eigenvalue weighted by Crippen LogP contribution is 2.58. The quantitative estimate of drug-likeness (QED) is 0.755. The number of hydrogen-bond donors (Lipinski definition) is 0. The summed E-state index contributed by atoms with van der Waals surface area (Å²) in [5, 5.41) is 11.4. The number of carbonyl (C=O) groups is 1.